The van der Waals surface area contributed by atoms with Crippen LogP contribution in [0.4, 0.5) is 19.0 Å². The first-order chi connectivity index (χ1) is 10.6. The molecule has 2 rings (SSSR count). The Balaban J connectivity index is 1.85. The van der Waals surface area contributed by atoms with Gasteiger partial charge in [-0.25, -0.2) is 13.4 Å². The lowest BCUT2D eigenvalue weighted by atomic mass is 10.1. The molecule has 1 aliphatic heterocycles. The summed E-state index contributed by atoms with van der Waals surface area (Å²) in [5.41, 5.74) is -0.909. The van der Waals surface area contributed by atoms with Crippen LogP contribution in [0.2, 0.25) is 0 Å². The Labute approximate surface area is 133 Å². The third kappa shape index (κ3) is 5.98. The number of rotatable bonds is 5. The molecule has 0 amide bonds. The minimum absolute atomic E-state index is 0.0421. The maximum absolute atomic E-state index is 12.6. The topological polar surface area (TPSA) is 62.3 Å². The normalized spacial score (nSPS) is 18.1. The summed E-state index contributed by atoms with van der Waals surface area (Å²) >= 11 is 0. The van der Waals surface area contributed by atoms with Crippen LogP contribution in [0.15, 0.2) is 18.2 Å². The van der Waals surface area contributed by atoms with Crippen LogP contribution in [-0.2, 0) is 16.0 Å². The van der Waals surface area contributed by atoms with E-state index in [-0.39, 0.29) is 17.6 Å². The molecular formula is C14H20F3N3O2S. The van der Waals surface area contributed by atoms with Gasteiger partial charge in [0, 0.05) is 31.9 Å². The quantitative estimate of drug-likeness (QED) is 0.879. The van der Waals surface area contributed by atoms with Gasteiger partial charge in [-0.3, -0.25) is 0 Å². The summed E-state index contributed by atoms with van der Waals surface area (Å²) in [6.07, 6.45) is -1.77. The highest BCUT2D eigenvalue weighted by molar-refractivity contribution is 7.90. The molecule has 0 atom stereocenters. The SMILES string of the molecule is CS(=O)(=O)CCN1CCC(Nc2cccc(C(F)(F)F)n2)CC1. The fourth-order valence-corrected chi connectivity index (χ4v) is 3.07. The third-order valence-corrected chi connectivity index (χ3v) is 4.68. The zero-order valence-corrected chi connectivity index (χ0v) is 13.6. The predicted molar refractivity (Wildman–Crippen MR) is 82.0 cm³/mol. The first-order valence-corrected chi connectivity index (χ1v) is 9.40. The molecule has 130 valence electrons. The second kappa shape index (κ2) is 7.04. The third-order valence-electron chi connectivity index (χ3n) is 3.76. The Bertz CT molecular complexity index is 626. The Morgan fingerprint density at radius 1 is 1.30 bits per heavy atom. The van der Waals surface area contributed by atoms with Gasteiger partial charge in [0.15, 0.2) is 0 Å². The number of hydrogen-bond donors (Lipinski definition) is 1. The lowest BCUT2D eigenvalue weighted by Crippen LogP contribution is -2.41. The summed E-state index contributed by atoms with van der Waals surface area (Å²) in [5, 5.41) is 3.03. The van der Waals surface area contributed by atoms with Crippen LogP contribution in [0, 0.1) is 0 Å². The van der Waals surface area contributed by atoms with Gasteiger partial charge in [0.05, 0.1) is 5.75 Å². The molecule has 0 spiro atoms. The number of nitrogens with one attached hydrogen (secondary N) is 1. The largest absolute Gasteiger partial charge is 0.433 e. The number of halogens is 3. The summed E-state index contributed by atoms with van der Waals surface area (Å²) in [5.74, 6) is 0.342. The molecule has 1 aromatic rings. The number of sulfone groups is 1. The molecule has 1 saturated heterocycles. The average molecular weight is 351 g/mol. The highest BCUT2D eigenvalue weighted by Gasteiger charge is 2.32. The van der Waals surface area contributed by atoms with E-state index in [9.17, 15) is 21.6 Å². The summed E-state index contributed by atoms with van der Waals surface area (Å²) in [6, 6.07) is 3.84. The molecule has 0 radical (unpaired) electrons. The van der Waals surface area contributed by atoms with E-state index in [0.29, 0.717) is 19.6 Å². The van der Waals surface area contributed by atoms with Crippen LogP contribution >= 0.6 is 0 Å². The van der Waals surface area contributed by atoms with E-state index < -0.39 is 21.7 Å². The van der Waals surface area contributed by atoms with Gasteiger partial charge in [0.25, 0.3) is 0 Å². The maximum atomic E-state index is 12.6. The number of pyridine rings is 1. The van der Waals surface area contributed by atoms with Crippen molar-refractivity contribution in [2.24, 2.45) is 0 Å². The molecule has 1 aromatic heterocycles. The molecular weight excluding hydrogens is 331 g/mol. The number of piperidine rings is 1. The van der Waals surface area contributed by atoms with Crippen LogP contribution in [0.1, 0.15) is 18.5 Å². The van der Waals surface area contributed by atoms with Gasteiger partial charge in [0.1, 0.15) is 21.3 Å². The number of nitrogens with zero attached hydrogens (tertiary/aromatic N) is 2. The fourth-order valence-electron chi connectivity index (χ4n) is 2.48. The monoisotopic (exact) mass is 351 g/mol. The standard InChI is InChI=1S/C14H20F3N3O2S/c1-23(21,22)10-9-20-7-5-11(6-8-20)18-13-4-2-3-12(19-13)14(15,16)17/h2-4,11H,5-10H2,1H3,(H,18,19). The average Bonchev–Trinajstić information content (AvgIpc) is 2.45. The van der Waals surface area contributed by atoms with Crippen molar-refractivity contribution in [3.8, 4) is 0 Å². The van der Waals surface area contributed by atoms with Gasteiger partial charge in [0.2, 0.25) is 0 Å². The van der Waals surface area contributed by atoms with E-state index in [1.54, 1.807) is 0 Å². The molecule has 0 saturated carbocycles. The maximum Gasteiger partial charge on any atom is 0.433 e. The summed E-state index contributed by atoms with van der Waals surface area (Å²) < 4.78 is 60.2. The highest BCUT2D eigenvalue weighted by Crippen LogP contribution is 2.28. The first kappa shape index (κ1) is 18.0. The predicted octanol–water partition coefficient (Wildman–Crippen LogP) is 2.02. The van der Waals surface area contributed by atoms with Crippen molar-refractivity contribution in [3.05, 3.63) is 23.9 Å². The second-order valence-electron chi connectivity index (χ2n) is 5.80. The molecule has 5 nitrogen and oxygen atoms in total. The number of aromatic nitrogens is 1. The van der Waals surface area contributed by atoms with E-state index in [4.69, 9.17) is 0 Å². The molecule has 0 aliphatic carbocycles. The van der Waals surface area contributed by atoms with Crippen LogP contribution in [0.5, 0.6) is 0 Å². The molecule has 2 heterocycles. The summed E-state index contributed by atoms with van der Waals surface area (Å²) in [7, 11) is -2.98. The Morgan fingerprint density at radius 2 is 1.96 bits per heavy atom. The lowest BCUT2D eigenvalue weighted by Gasteiger charge is -2.32. The first-order valence-electron chi connectivity index (χ1n) is 7.34. The number of likely N-dealkylation sites (tertiary alicyclic amines) is 1. The van der Waals surface area contributed by atoms with Crippen LogP contribution in [0.25, 0.3) is 0 Å². The number of anilines is 1. The molecule has 0 aromatic carbocycles. The summed E-state index contributed by atoms with van der Waals surface area (Å²) in [4.78, 5) is 5.65. The molecule has 9 heteroatoms. The van der Waals surface area contributed by atoms with Crippen molar-refractivity contribution in [1.29, 1.82) is 0 Å². The Hall–Kier alpha value is -1.35. The zero-order valence-electron chi connectivity index (χ0n) is 12.8. The molecule has 1 fully saturated rings. The second-order valence-corrected chi connectivity index (χ2v) is 8.06. The van der Waals surface area contributed by atoms with E-state index in [0.717, 1.165) is 18.9 Å². The van der Waals surface area contributed by atoms with Gasteiger partial charge >= 0.3 is 6.18 Å². The fraction of sp³-hybridized carbons (Fsp3) is 0.643. The van der Waals surface area contributed by atoms with Crippen LogP contribution in [-0.4, -0.2) is 56.0 Å². The van der Waals surface area contributed by atoms with Crippen molar-refractivity contribution >= 4 is 15.7 Å². The molecule has 0 unspecified atom stereocenters. The van der Waals surface area contributed by atoms with E-state index in [1.165, 1.54) is 18.4 Å². The van der Waals surface area contributed by atoms with Crippen molar-refractivity contribution in [2.45, 2.75) is 25.1 Å². The van der Waals surface area contributed by atoms with Crippen molar-refractivity contribution in [1.82, 2.24) is 9.88 Å². The van der Waals surface area contributed by atoms with Crippen molar-refractivity contribution in [2.75, 3.05) is 37.0 Å². The zero-order chi connectivity index (χ0) is 17.1. The smallest absolute Gasteiger partial charge is 0.367 e. The van der Waals surface area contributed by atoms with Gasteiger partial charge < -0.3 is 10.2 Å². The number of hydrogen-bond acceptors (Lipinski definition) is 5. The van der Waals surface area contributed by atoms with Crippen LogP contribution in [0.3, 0.4) is 0 Å². The van der Waals surface area contributed by atoms with E-state index in [2.05, 4.69) is 15.2 Å². The Kier molecular flexibility index (Phi) is 5.51. The number of alkyl halides is 3. The van der Waals surface area contributed by atoms with E-state index >= 15 is 0 Å². The van der Waals surface area contributed by atoms with Gasteiger partial charge in [-0.15, -0.1) is 0 Å². The van der Waals surface area contributed by atoms with Crippen LogP contribution < -0.4 is 5.32 Å². The van der Waals surface area contributed by atoms with Crippen molar-refractivity contribution in [3.63, 3.8) is 0 Å². The molecule has 1 N–H and O–H groups in total. The molecule has 0 bridgehead atoms. The van der Waals surface area contributed by atoms with Gasteiger partial charge in [-0.1, -0.05) is 6.07 Å². The summed E-state index contributed by atoms with van der Waals surface area (Å²) in [6.45, 7) is 1.92. The minimum Gasteiger partial charge on any atom is -0.367 e. The van der Waals surface area contributed by atoms with Gasteiger partial charge in [-0.05, 0) is 25.0 Å². The molecule has 1 aliphatic rings. The van der Waals surface area contributed by atoms with Gasteiger partial charge in [-0.2, -0.15) is 13.2 Å². The lowest BCUT2D eigenvalue weighted by molar-refractivity contribution is -0.141. The van der Waals surface area contributed by atoms with E-state index in [1.807, 2.05) is 0 Å². The Morgan fingerprint density at radius 3 is 2.52 bits per heavy atom. The highest BCUT2D eigenvalue weighted by atomic mass is 32.2. The van der Waals surface area contributed by atoms with Crippen molar-refractivity contribution < 1.29 is 21.6 Å². The minimum atomic E-state index is -4.45. The molecule has 23 heavy (non-hydrogen) atoms.